The van der Waals surface area contributed by atoms with Crippen LogP contribution in [-0.4, -0.2) is 25.5 Å². The Morgan fingerprint density at radius 2 is 1.71 bits per heavy atom. The van der Waals surface area contributed by atoms with Crippen LogP contribution in [0.3, 0.4) is 0 Å². The first-order valence-corrected chi connectivity index (χ1v) is 9.33. The van der Waals surface area contributed by atoms with Crippen molar-refractivity contribution in [3.8, 4) is 0 Å². The molecule has 3 rings (SSSR count). The number of rotatable bonds is 7. The molecular formula is C23H25N2O3+. The fourth-order valence-corrected chi connectivity index (χ4v) is 3.21. The quantitative estimate of drug-likeness (QED) is 0.622. The summed E-state index contributed by atoms with van der Waals surface area (Å²) in [6.07, 6.45) is 0. The van der Waals surface area contributed by atoms with Crippen LogP contribution in [0.25, 0.3) is 10.8 Å². The second kappa shape index (κ2) is 9.15. The summed E-state index contributed by atoms with van der Waals surface area (Å²) < 4.78 is 4.68. The second-order valence-electron chi connectivity index (χ2n) is 6.76. The van der Waals surface area contributed by atoms with Crippen LogP contribution in [0, 0.1) is 0 Å². The van der Waals surface area contributed by atoms with Gasteiger partial charge in [0.2, 0.25) is 0 Å². The molecule has 0 radical (unpaired) electrons. The number of hydrogen-bond donors (Lipinski definition) is 2. The largest absolute Gasteiger partial charge is 0.465 e. The third kappa shape index (κ3) is 4.75. The summed E-state index contributed by atoms with van der Waals surface area (Å²) >= 11 is 0. The number of quaternary nitrogens is 1. The van der Waals surface area contributed by atoms with Crippen LogP contribution in [0.15, 0.2) is 66.7 Å². The first-order valence-electron chi connectivity index (χ1n) is 9.33. The van der Waals surface area contributed by atoms with Crippen molar-refractivity contribution in [1.82, 2.24) is 5.32 Å². The second-order valence-corrected chi connectivity index (χ2v) is 6.76. The van der Waals surface area contributed by atoms with Gasteiger partial charge in [-0.1, -0.05) is 54.6 Å². The zero-order chi connectivity index (χ0) is 19.9. The first kappa shape index (κ1) is 19.6. The molecule has 1 amide bonds. The molecular weight excluding hydrogens is 352 g/mol. The maximum atomic E-state index is 12.2. The average Bonchev–Trinajstić information content (AvgIpc) is 2.75. The smallest absolute Gasteiger partial charge is 0.337 e. The molecule has 0 saturated heterocycles. The number of esters is 1. The summed E-state index contributed by atoms with van der Waals surface area (Å²) in [4.78, 5) is 23.7. The number of ether oxygens (including phenoxy) is 1. The van der Waals surface area contributed by atoms with Crippen molar-refractivity contribution in [1.29, 1.82) is 0 Å². The number of nitrogens with two attached hydrogens (primary N) is 1. The molecule has 0 aliphatic carbocycles. The fourth-order valence-electron chi connectivity index (χ4n) is 3.21. The highest BCUT2D eigenvalue weighted by Crippen LogP contribution is 2.21. The lowest BCUT2D eigenvalue weighted by Crippen LogP contribution is -2.87. The van der Waals surface area contributed by atoms with Crippen LogP contribution < -0.4 is 10.6 Å². The molecule has 0 unspecified atom stereocenters. The molecule has 3 aromatic rings. The third-order valence-electron chi connectivity index (χ3n) is 4.84. The summed E-state index contributed by atoms with van der Waals surface area (Å²) in [7, 11) is 1.35. The van der Waals surface area contributed by atoms with Gasteiger partial charge < -0.3 is 15.4 Å². The van der Waals surface area contributed by atoms with Crippen molar-refractivity contribution >= 4 is 22.6 Å². The number of benzene rings is 3. The van der Waals surface area contributed by atoms with Gasteiger partial charge in [-0.2, -0.15) is 0 Å². The molecule has 0 spiro atoms. The topological polar surface area (TPSA) is 72.0 Å². The van der Waals surface area contributed by atoms with Gasteiger partial charge in [-0.3, -0.25) is 4.79 Å². The molecule has 5 heteroatoms. The van der Waals surface area contributed by atoms with Crippen molar-refractivity contribution in [3.63, 3.8) is 0 Å². The molecule has 0 heterocycles. The average molecular weight is 377 g/mol. The minimum absolute atomic E-state index is 0.0240. The molecule has 0 aliphatic rings. The van der Waals surface area contributed by atoms with E-state index in [0.717, 1.165) is 5.56 Å². The van der Waals surface area contributed by atoms with Crippen LogP contribution in [-0.2, 0) is 16.1 Å². The van der Waals surface area contributed by atoms with Gasteiger partial charge in [0.15, 0.2) is 6.54 Å². The highest BCUT2D eigenvalue weighted by molar-refractivity contribution is 5.89. The summed E-state index contributed by atoms with van der Waals surface area (Å²) in [6, 6.07) is 21.8. The molecule has 28 heavy (non-hydrogen) atoms. The van der Waals surface area contributed by atoms with Gasteiger partial charge in [0, 0.05) is 12.1 Å². The molecule has 3 aromatic carbocycles. The van der Waals surface area contributed by atoms with E-state index in [4.69, 9.17) is 0 Å². The highest BCUT2D eigenvalue weighted by Gasteiger charge is 2.14. The Balaban J connectivity index is 1.52. The van der Waals surface area contributed by atoms with Crippen molar-refractivity contribution in [2.45, 2.75) is 19.5 Å². The maximum absolute atomic E-state index is 12.2. The Hall–Kier alpha value is -3.18. The number of fused-ring (bicyclic) bond motifs is 1. The zero-order valence-electron chi connectivity index (χ0n) is 16.1. The lowest BCUT2D eigenvalue weighted by molar-refractivity contribution is -0.682. The van der Waals surface area contributed by atoms with Crippen LogP contribution >= 0.6 is 0 Å². The predicted molar refractivity (Wildman–Crippen MR) is 109 cm³/mol. The number of carbonyl (C=O) groups is 2. The SMILES string of the molecule is COC(=O)c1ccc(CNC(=O)C[NH2+][C@H](C)c2cccc3ccccc23)cc1. The Kier molecular flexibility index (Phi) is 6.40. The molecule has 0 fully saturated rings. The van der Waals surface area contributed by atoms with Crippen LogP contribution in [0.4, 0.5) is 0 Å². The van der Waals surface area contributed by atoms with E-state index in [0.29, 0.717) is 18.7 Å². The molecule has 0 aliphatic heterocycles. The van der Waals surface area contributed by atoms with Crippen molar-refractivity contribution < 1.29 is 19.6 Å². The monoisotopic (exact) mass is 377 g/mol. The van der Waals surface area contributed by atoms with Gasteiger partial charge >= 0.3 is 5.97 Å². The number of amides is 1. The Morgan fingerprint density at radius 1 is 1.00 bits per heavy atom. The molecule has 0 aromatic heterocycles. The standard InChI is InChI=1S/C23H24N2O3/c1-16(20-9-5-7-18-6-3-4-8-21(18)20)24-15-22(26)25-14-17-10-12-19(13-11-17)23(27)28-2/h3-13,16,24H,14-15H2,1-2H3,(H,25,26)/p+1/t16-/m1/s1. The van der Waals surface area contributed by atoms with Crippen molar-refractivity contribution in [3.05, 3.63) is 83.4 Å². The van der Waals surface area contributed by atoms with Crippen molar-refractivity contribution in [2.75, 3.05) is 13.7 Å². The van der Waals surface area contributed by atoms with Crippen molar-refractivity contribution in [2.24, 2.45) is 0 Å². The molecule has 1 atom stereocenters. The van der Waals surface area contributed by atoms with E-state index in [1.807, 2.05) is 29.6 Å². The number of methoxy groups -OCH3 is 1. The molecule has 0 saturated carbocycles. The number of carbonyl (C=O) groups excluding carboxylic acids is 2. The highest BCUT2D eigenvalue weighted by atomic mass is 16.5. The number of nitrogens with one attached hydrogen (secondary N) is 1. The van der Waals surface area contributed by atoms with Crippen LogP contribution in [0.5, 0.6) is 0 Å². The fraction of sp³-hybridized carbons (Fsp3) is 0.217. The predicted octanol–water partition coefficient (Wildman–Crippen LogP) is 2.57. The zero-order valence-corrected chi connectivity index (χ0v) is 16.1. The summed E-state index contributed by atoms with van der Waals surface area (Å²) in [5.41, 5.74) is 2.65. The van der Waals surface area contributed by atoms with Gasteiger partial charge in [0.1, 0.15) is 6.04 Å². The first-order chi connectivity index (χ1) is 13.6. The van der Waals surface area contributed by atoms with E-state index in [1.54, 1.807) is 12.1 Å². The summed E-state index contributed by atoms with van der Waals surface area (Å²) in [5.74, 6) is -0.392. The molecule has 144 valence electrons. The maximum Gasteiger partial charge on any atom is 0.337 e. The summed E-state index contributed by atoms with van der Waals surface area (Å²) in [6.45, 7) is 2.89. The minimum atomic E-state index is -0.368. The van der Waals surface area contributed by atoms with Gasteiger partial charge in [-0.25, -0.2) is 4.79 Å². The van der Waals surface area contributed by atoms with Gasteiger partial charge in [-0.05, 0) is 35.4 Å². The van der Waals surface area contributed by atoms with E-state index in [-0.39, 0.29) is 17.9 Å². The molecule has 0 bridgehead atoms. The van der Waals surface area contributed by atoms with E-state index in [9.17, 15) is 9.59 Å². The van der Waals surface area contributed by atoms with E-state index in [1.165, 1.54) is 23.4 Å². The minimum Gasteiger partial charge on any atom is -0.465 e. The molecule has 3 N–H and O–H groups in total. The molecule has 5 nitrogen and oxygen atoms in total. The Morgan fingerprint density at radius 3 is 2.46 bits per heavy atom. The van der Waals surface area contributed by atoms with Crippen LogP contribution in [0.1, 0.15) is 34.5 Å². The number of hydrogen-bond acceptors (Lipinski definition) is 3. The van der Waals surface area contributed by atoms with Gasteiger partial charge in [0.25, 0.3) is 5.91 Å². The lowest BCUT2D eigenvalue weighted by atomic mass is 10.00. The van der Waals surface area contributed by atoms with Crippen LogP contribution in [0.2, 0.25) is 0 Å². The van der Waals surface area contributed by atoms with E-state index >= 15 is 0 Å². The van der Waals surface area contributed by atoms with E-state index < -0.39 is 0 Å². The third-order valence-corrected chi connectivity index (χ3v) is 4.84. The normalized spacial score (nSPS) is 11.8. The van der Waals surface area contributed by atoms with Gasteiger partial charge in [0.05, 0.1) is 12.7 Å². The van der Waals surface area contributed by atoms with Gasteiger partial charge in [-0.15, -0.1) is 0 Å². The Labute approximate surface area is 164 Å². The summed E-state index contributed by atoms with van der Waals surface area (Å²) in [5, 5.41) is 7.39. The lowest BCUT2D eigenvalue weighted by Gasteiger charge is -2.14. The Bertz CT molecular complexity index is 962. The van der Waals surface area contributed by atoms with E-state index in [2.05, 4.69) is 47.3 Å².